The number of carbonyl (C=O) groups excluding carboxylic acids is 1. The summed E-state index contributed by atoms with van der Waals surface area (Å²) < 4.78 is 1.43. The van der Waals surface area contributed by atoms with Gasteiger partial charge in [0.15, 0.2) is 5.69 Å². The van der Waals surface area contributed by atoms with Gasteiger partial charge in [-0.1, -0.05) is 39.0 Å². The van der Waals surface area contributed by atoms with Gasteiger partial charge in [0.25, 0.3) is 11.5 Å². The van der Waals surface area contributed by atoms with Crippen molar-refractivity contribution < 1.29 is 4.79 Å². The summed E-state index contributed by atoms with van der Waals surface area (Å²) in [6.45, 7) is 9.42. The largest absolute Gasteiger partial charge is 0.349 e. The molecule has 1 atom stereocenters. The number of carbonyl (C=O) groups is 1. The van der Waals surface area contributed by atoms with Gasteiger partial charge in [0.2, 0.25) is 0 Å². The van der Waals surface area contributed by atoms with Crippen molar-refractivity contribution in [2.75, 3.05) is 19.6 Å². The summed E-state index contributed by atoms with van der Waals surface area (Å²) in [6, 6.07) is 7.61. The Balaban J connectivity index is 1.89. The van der Waals surface area contributed by atoms with Gasteiger partial charge in [-0.2, -0.15) is 5.10 Å². The van der Waals surface area contributed by atoms with Gasteiger partial charge in [-0.3, -0.25) is 14.5 Å². The lowest BCUT2D eigenvalue weighted by molar-refractivity contribution is 0.0935. The second kappa shape index (κ2) is 7.99. The van der Waals surface area contributed by atoms with Crippen molar-refractivity contribution in [2.24, 2.45) is 5.92 Å². The maximum absolute atomic E-state index is 12.9. The van der Waals surface area contributed by atoms with E-state index in [1.807, 2.05) is 26.0 Å². The van der Waals surface area contributed by atoms with Crippen LogP contribution >= 0.6 is 0 Å². The molecule has 3 rings (SSSR count). The first-order valence-corrected chi connectivity index (χ1v) is 9.53. The van der Waals surface area contributed by atoms with Crippen LogP contribution in [0.3, 0.4) is 0 Å². The topological polar surface area (TPSA) is 67.2 Å². The lowest BCUT2D eigenvalue weighted by atomic mass is 10.1. The fourth-order valence-corrected chi connectivity index (χ4v) is 3.71. The number of nitrogens with one attached hydrogen (secondary N) is 1. The molecule has 1 amide bonds. The van der Waals surface area contributed by atoms with E-state index in [9.17, 15) is 9.59 Å². The van der Waals surface area contributed by atoms with E-state index in [1.54, 1.807) is 12.1 Å². The molecule has 1 aromatic carbocycles. The van der Waals surface area contributed by atoms with Crippen molar-refractivity contribution in [2.45, 2.75) is 46.2 Å². The van der Waals surface area contributed by atoms with Crippen molar-refractivity contribution in [3.8, 4) is 0 Å². The first-order valence-electron chi connectivity index (χ1n) is 9.53. The van der Waals surface area contributed by atoms with E-state index in [0.717, 1.165) is 19.5 Å². The number of aromatic nitrogens is 2. The Bertz CT molecular complexity index is 843. The minimum atomic E-state index is -0.207. The molecule has 1 fully saturated rings. The Morgan fingerprint density at radius 3 is 2.73 bits per heavy atom. The SMILES string of the molecule is CCN1CCC[C@@H]1CNC(=O)c1nn(CC(C)C)c(=O)c2ccccc12. The van der Waals surface area contributed by atoms with Crippen LogP contribution in [0.15, 0.2) is 29.1 Å². The molecule has 6 heteroatoms. The molecule has 0 saturated carbocycles. The van der Waals surface area contributed by atoms with Crippen LogP contribution in [0.4, 0.5) is 0 Å². The number of likely N-dealkylation sites (tertiary alicyclic amines) is 1. The lowest BCUT2D eigenvalue weighted by Gasteiger charge is -2.23. The highest BCUT2D eigenvalue weighted by Gasteiger charge is 2.24. The average molecular weight is 356 g/mol. The first kappa shape index (κ1) is 18.6. The standard InChI is InChI=1S/C20H28N4O2/c1-4-23-11-7-8-15(23)12-21-19(25)18-16-9-5-6-10-17(16)20(26)24(22-18)13-14(2)3/h5-6,9-10,14-15H,4,7-8,11-13H2,1-3H3,(H,21,25)/t15-/m1/s1. The monoisotopic (exact) mass is 356 g/mol. The van der Waals surface area contributed by atoms with Gasteiger partial charge in [-0.15, -0.1) is 0 Å². The predicted molar refractivity (Wildman–Crippen MR) is 103 cm³/mol. The summed E-state index contributed by atoms with van der Waals surface area (Å²) in [7, 11) is 0. The fourth-order valence-electron chi connectivity index (χ4n) is 3.71. The minimum absolute atomic E-state index is 0.140. The van der Waals surface area contributed by atoms with Crippen LogP contribution in [0.5, 0.6) is 0 Å². The molecular weight excluding hydrogens is 328 g/mol. The summed E-state index contributed by atoms with van der Waals surface area (Å²) in [5, 5.41) is 8.61. The molecular formula is C20H28N4O2. The van der Waals surface area contributed by atoms with Gasteiger partial charge < -0.3 is 5.32 Å². The van der Waals surface area contributed by atoms with Gasteiger partial charge in [0.05, 0.1) is 5.39 Å². The smallest absolute Gasteiger partial charge is 0.274 e. The van der Waals surface area contributed by atoms with Crippen LogP contribution in [-0.4, -0.2) is 46.3 Å². The Hall–Kier alpha value is -2.21. The van der Waals surface area contributed by atoms with Gasteiger partial charge in [-0.05, 0) is 37.9 Å². The highest BCUT2D eigenvalue weighted by atomic mass is 16.2. The average Bonchev–Trinajstić information content (AvgIpc) is 3.09. The maximum Gasteiger partial charge on any atom is 0.274 e. The van der Waals surface area contributed by atoms with Crippen LogP contribution in [0.1, 0.15) is 44.1 Å². The molecule has 140 valence electrons. The third-order valence-corrected chi connectivity index (χ3v) is 5.02. The van der Waals surface area contributed by atoms with E-state index < -0.39 is 0 Å². The first-order chi connectivity index (χ1) is 12.5. The Kier molecular flexibility index (Phi) is 5.71. The highest BCUT2D eigenvalue weighted by molar-refractivity contribution is 6.04. The zero-order valence-corrected chi connectivity index (χ0v) is 15.9. The molecule has 0 aliphatic carbocycles. The van der Waals surface area contributed by atoms with E-state index in [0.29, 0.717) is 35.6 Å². The van der Waals surface area contributed by atoms with Gasteiger partial charge in [0, 0.05) is 24.5 Å². The number of benzene rings is 1. The van der Waals surface area contributed by atoms with Gasteiger partial charge in [-0.25, -0.2) is 4.68 Å². The number of fused-ring (bicyclic) bond motifs is 1. The number of hydrogen-bond acceptors (Lipinski definition) is 4. The lowest BCUT2D eigenvalue weighted by Crippen LogP contribution is -2.41. The Labute approximate surface area is 154 Å². The zero-order chi connectivity index (χ0) is 18.7. The van der Waals surface area contributed by atoms with Crippen molar-refractivity contribution in [1.29, 1.82) is 0 Å². The second-order valence-electron chi connectivity index (χ2n) is 7.41. The summed E-state index contributed by atoms with van der Waals surface area (Å²) in [5.41, 5.74) is 0.195. The second-order valence-corrected chi connectivity index (χ2v) is 7.41. The summed E-state index contributed by atoms with van der Waals surface area (Å²) in [5.74, 6) is 0.0653. The molecule has 0 unspecified atom stereocenters. The number of amides is 1. The quantitative estimate of drug-likeness (QED) is 0.862. The van der Waals surface area contributed by atoms with E-state index in [-0.39, 0.29) is 17.4 Å². The third kappa shape index (κ3) is 3.80. The van der Waals surface area contributed by atoms with Crippen molar-refractivity contribution in [1.82, 2.24) is 20.0 Å². The molecule has 2 aromatic rings. The molecule has 1 saturated heterocycles. The fraction of sp³-hybridized carbons (Fsp3) is 0.550. The molecule has 1 aromatic heterocycles. The van der Waals surface area contributed by atoms with Crippen LogP contribution < -0.4 is 10.9 Å². The summed E-state index contributed by atoms with van der Waals surface area (Å²) in [4.78, 5) is 27.9. The number of likely N-dealkylation sites (N-methyl/N-ethyl adjacent to an activating group) is 1. The van der Waals surface area contributed by atoms with Crippen LogP contribution in [0.2, 0.25) is 0 Å². The highest BCUT2D eigenvalue weighted by Crippen LogP contribution is 2.17. The Morgan fingerprint density at radius 2 is 2.04 bits per heavy atom. The number of nitrogens with zero attached hydrogens (tertiary/aromatic N) is 3. The van der Waals surface area contributed by atoms with Crippen molar-refractivity contribution in [3.05, 3.63) is 40.3 Å². The Morgan fingerprint density at radius 1 is 1.31 bits per heavy atom. The van der Waals surface area contributed by atoms with E-state index in [4.69, 9.17) is 0 Å². The number of rotatable bonds is 6. The van der Waals surface area contributed by atoms with E-state index >= 15 is 0 Å². The van der Waals surface area contributed by atoms with E-state index in [2.05, 4.69) is 22.2 Å². The number of hydrogen-bond donors (Lipinski definition) is 1. The minimum Gasteiger partial charge on any atom is -0.349 e. The summed E-state index contributed by atoms with van der Waals surface area (Å²) in [6.07, 6.45) is 2.28. The zero-order valence-electron chi connectivity index (χ0n) is 15.9. The van der Waals surface area contributed by atoms with Crippen LogP contribution in [0, 0.1) is 5.92 Å². The van der Waals surface area contributed by atoms with Gasteiger partial charge in [0.1, 0.15) is 0 Å². The molecule has 1 aliphatic heterocycles. The van der Waals surface area contributed by atoms with Crippen LogP contribution in [-0.2, 0) is 6.54 Å². The molecule has 6 nitrogen and oxygen atoms in total. The molecule has 0 bridgehead atoms. The van der Waals surface area contributed by atoms with Crippen molar-refractivity contribution >= 4 is 16.7 Å². The third-order valence-electron chi connectivity index (χ3n) is 5.02. The molecule has 0 spiro atoms. The molecule has 26 heavy (non-hydrogen) atoms. The normalized spacial score (nSPS) is 17.9. The summed E-state index contributed by atoms with van der Waals surface area (Å²) >= 11 is 0. The van der Waals surface area contributed by atoms with E-state index in [1.165, 1.54) is 11.1 Å². The maximum atomic E-state index is 12.9. The molecule has 1 aliphatic rings. The predicted octanol–water partition coefficient (Wildman–Crippen LogP) is 2.27. The van der Waals surface area contributed by atoms with Crippen molar-refractivity contribution in [3.63, 3.8) is 0 Å². The molecule has 0 radical (unpaired) electrons. The van der Waals surface area contributed by atoms with Crippen LogP contribution in [0.25, 0.3) is 10.8 Å². The van der Waals surface area contributed by atoms with Gasteiger partial charge >= 0.3 is 0 Å². The molecule has 1 N–H and O–H groups in total. The molecule has 2 heterocycles.